The lowest BCUT2D eigenvalue weighted by molar-refractivity contribution is -0.167. The summed E-state index contributed by atoms with van der Waals surface area (Å²) in [5, 5.41) is 0. The van der Waals surface area contributed by atoms with E-state index in [1.165, 1.54) is 0 Å². The fraction of sp³-hybridized carbons (Fsp3) is 0.643. The molecule has 0 amide bonds. The Balaban J connectivity index is 1.88. The third-order valence-corrected chi connectivity index (χ3v) is 3.40. The summed E-state index contributed by atoms with van der Waals surface area (Å²) in [4.78, 5) is 13.2. The van der Waals surface area contributed by atoms with Crippen molar-refractivity contribution in [1.29, 1.82) is 0 Å². The molecule has 6 nitrogen and oxygen atoms in total. The number of imidazole rings is 1. The van der Waals surface area contributed by atoms with Crippen molar-refractivity contribution in [2.75, 3.05) is 0 Å². The Morgan fingerprint density at radius 3 is 2.85 bits per heavy atom. The second-order valence-electron chi connectivity index (χ2n) is 5.46. The van der Waals surface area contributed by atoms with Gasteiger partial charge in [-0.15, -0.1) is 0 Å². The third kappa shape index (κ3) is 2.41. The van der Waals surface area contributed by atoms with E-state index in [9.17, 15) is 0 Å². The van der Waals surface area contributed by atoms with Gasteiger partial charge < -0.3 is 9.47 Å². The van der Waals surface area contributed by atoms with Crippen molar-refractivity contribution in [1.82, 2.24) is 19.5 Å². The number of rotatable bonds is 3. The molecule has 0 aliphatic carbocycles. The fourth-order valence-electron chi connectivity index (χ4n) is 2.60. The second kappa shape index (κ2) is 5.10. The van der Waals surface area contributed by atoms with Crippen LogP contribution in [0.25, 0.3) is 11.2 Å². The van der Waals surface area contributed by atoms with Gasteiger partial charge in [-0.05, 0) is 34.1 Å². The molecule has 0 bridgehead atoms. The summed E-state index contributed by atoms with van der Waals surface area (Å²) < 4.78 is 13.6. The van der Waals surface area contributed by atoms with E-state index in [2.05, 4.69) is 15.0 Å². The zero-order valence-corrected chi connectivity index (χ0v) is 12.3. The van der Waals surface area contributed by atoms with Crippen LogP contribution in [-0.2, 0) is 9.47 Å². The average molecular weight is 276 g/mol. The van der Waals surface area contributed by atoms with Gasteiger partial charge in [-0.1, -0.05) is 0 Å². The molecule has 0 saturated carbocycles. The number of aromatic nitrogens is 4. The molecule has 1 aliphatic heterocycles. The molecule has 0 aromatic carbocycles. The maximum Gasteiger partial charge on any atom is 0.165 e. The molecule has 1 aliphatic rings. The van der Waals surface area contributed by atoms with Gasteiger partial charge in [0.15, 0.2) is 11.9 Å². The normalized spacial score (nSPS) is 23.1. The van der Waals surface area contributed by atoms with Gasteiger partial charge in [0.2, 0.25) is 0 Å². The predicted octanol–water partition coefficient (Wildman–Crippen LogP) is 2.50. The maximum absolute atomic E-state index is 5.94. The topological polar surface area (TPSA) is 62.1 Å². The smallest absolute Gasteiger partial charge is 0.165 e. The molecule has 3 heterocycles. The van der Waals surface area contributed by atoms with Crippen LogP contribution in [0.4, 0.5) is 0 Å². The lowest BCUT2D eigenvalue weighted by Crippen LogP contribution is -2.18. The van der Waals surface area contributed by atoms with E-state index in [1.807, 2.05) is 32.3 Å². The van der Waals surface area contributed by atoms with E-state index in [0.717, 1.165) is 35.5 Å². The molecule has 2 atom stereocenters. The molecule has 2 unspecified atom stereocenters. The number of hydrogen-bond acceptors (Lipinski definition) is 5. The van der Waals surface area contributed by atoms with Gasteiger partial charge >= 0.3 is 0 Å². The number of ether oxygens (including phenoxy) is 2. The number of fused-ring (bicyclic) bond motifs is 1. The highest BCUT2D eigenvalue weighted by Gasteiger charge is 2.29. The first kappa shape index (κ1) is 13.5. The Morgan fingerprint density at radius 1 is 1.30 bits per heavy atom. The summed E-state index contributed by atoms with van der Waals surface area (Å²) in [6, 6.07) is 0. The molecule has 3 rings (SSSR count). The van der Waals surface area contributed by atoms with Crippen LogP contribution in [0, 0.1) is 13.8 Å². The minimum atomic E-state index is -0.138. The lowest BCUT2D eigenvalue weighted by atomic mass is 10.3. The van der Waals surface area contributed by atoms with Crippen molar-refractivity contribution < 1.29 is 9.47 Å². The minimum Gasteiger partial charge on any atom is -0.350 e. The van der Waals surface area contributed by atoms with Crippen molar-refractivity contribution >= 4 is 11.2 Å². The molecule has 0 N–H and O–H groups in total. The van der Waals surface area contributed by atoms with Crippen molar-refractivity contribution in [2.45, 2.75) is 59.2 Å². The zero-order chi connectivity index (χ0) is 14.3. The first-order valence-electron chi connectivity index (χ1n) is 7.03. The Labute approximate surface area is 118 Å². The molecular formula is C14H20N4O2. The van der Waals surface area contributed by atoms with Crippen LogP contribution in [0.2, 0.25) is 0 Å². The van der Waals surface area contributed by atoms with E-state index in [1.54, 1.807) is 6.33 Å². The summed E-state index contributed by atoms with van der Waals surface area (Å²) in [6.45, 7) is 7.88. The Bertz CT molecular complexity index is 623. The molecule has 0 spiro atoms. The van der Waals surface area contributed by atoms with Crippen LogP contribution >= 0.6 is 0 Å². The molecular weight excluding hydrogens is 256 g/mol. The largest absolute Gasteiger partial charge is 0.350 e. The van der Waals surface area contributed by atoms with Gasteiger partial charge in [0, 0.05) is 6.42 Å². The molecule has 1 saturated heterocycles. The quantitative estimate of drug-likeness (QED) is 0.862. The van der Waals surface area contributed by atoms with Crippen molar-refractivity contribution in [3.8, 4) is 0 Å². The van der Waals surface area contributed by atoms with E-state index in [0.29, 0.717) is 0 Å². The van der Waals surface area contributed by atoms with Gasteiger partial charge in [0.05, 0.1) is 18.1 Å². The minimum absolute atomic E-state index is 0.0579. The first-order valence-corrected chi connectivity index (χ1v) is 7.03. The molecule has 2 aromatic heterocycles. The maximum atomic E-state index is 5.94. The zero-order valence-electron chi connectivity index (χ0n) is 12.3. The molecule has 20 heavy (non-hydrogen) atoms. The SMILES string of the molecule is Cc1nc(C)c2ncn(C3CCC(OC(C)C)O3)c2n1. The van der Waals surface area contributed by atoms with Crippen molar-refractivity contribution in [3.05, 3.63) is 17.8 Å². The van der Waals surface area contributed by atoms with Crippen LogP contribution in [0.15, 0.2) is 6.33 Å². The monoisotopic (exact) mass is 276 g/mol. The molecule has 2 aromatic rings. The van der Waals surface area contributed by atoms with Crippen LogP contribution < -0.4 is 0 Å². The number of hydrogen-bond donors (Lipinski definition) is 0. The first-order chi connectivity index (χ1) is 9.54. The summed E-state index contributed by atoms with van der Waals surface area (Å²) in [7, 11) is 0. The summed E-state index contributed by atoms with van der Waals surface area (Å²) in [6.07, 6.45) is 3.56. The predicted molar refractivity (Wildman–Crippen MR) is 74.2 cm³/mol. The molecule has 6 heteroatoms. The van der Waals surface area contributed by atoms with Crippen LogP contribution in [-0.4, -0.2) is 31.9 Å². The van der Waals surface area contributed by atoms with Crippen molar-refractivity contribution in [3.63, 3.8) is 0 Å². The fourth-order valence-corrected chi connectivity index (χ4v) is 2.60. The highest BCUT2D eigenvalue weighted by atomic mass is 16.7. The van der Waals surface area contributed by atoms with Gasteiger partial charge in [-0.25, -0.2) is 15.0 Å². The standard InChI is InChI=1S/C14H20N4O2/c1-8(2)19-12-6-5-11(20-12)18-7-15-13-9(3)16-10(4)17-14(13)18/h7-8,11-12H,5-6H2,1-4H3. The lowest BCUT2D eigenvalue weighted by Gasteiger charge is -2.17. The summed E-state index contributed by atoms with van der Waals surface area (Å²) >= 11 is 0. The van der Waals surface area contributed by atoms with E-state index in [4.69, 9.17) is 9.47 Å². The van der Waals surface area contributed by atoms with Gasteiger partial charge in [-0.2, -0.15) is 0 Å². The van der Waals surface area contributed by atoms with Crippen molar-refractivity contribution in [2.24, 2.45) is 0 Å². The van der Waals surface area contributed by atoms with Gasteiger partial charge in [0.25, 0.3) is 0 Å². The summed E-state index contributed by atoms with van der Waals surface area (Å²) in [5.74, 6) is 0.754. The summed E-state index contributed by atoms with van der Waals surface area (Å²) in [5.41, 5.74) is 2.58. The molecule has 108 valence electrons. The van der Waals surface area contributed by atoms with E-state index in [-0.39, 0.29) is 18.6 Å². The number of aryl methyl sites for hydroxylation is 2. The second-order valence-corrected chi connectivity index (χ2v) is 5.46. The molecule has 1 fully saturated rings. The van der Waals surface area contributed by atoms with Crippen LogP contribution in [0.1, 0.15) is 44.4 Å². The highest BCUT2D eigenvalue weighted by Crippen LogP contribution is 2.31. The Kier molecular flexibility index (Phi) is 3.43. The Morgan fingerprint density at radius 2 is 2.10 bits per heavy atom. The van der Waals surface area contributed by atoms with Crippen LogP contribution in [0.3, 0.4) is 0 Å². The van der Waals surface area contributed by atoms with Gasteiger partial charge in [0.1, 0.15) is 17.6 Å². The van der Waals surface area contributed by atoms with Crippen LogP contribution in [0.5, 0.6) is 0 Å². The average Bonchev–Trinajstić information content (AvgIpc) is 2.94. The third-order valence-electron chi connectivity index (χ3n) is 3.40. The van der Waals surface area contributed by atoms with E-state index >= 15 is 0 Å². The number of nitrogens with zero attached hydrogens (tertiary/aromatic N) is 4. The van der Waals surface area contributed by atoms with Gasteiger partial charge in [-0.3, -0.25) is 4.57 Å². The Hall–Kier alpha value is -1.53. The van der Waals surface area contributed by atoms with E-state index < -0.39 is 0 Å². The molecule has 0 radical (unpaired) electrons. The highest BCUT2D eigenvalue weighted by molar-refractivity contribution is 5.73.